The Morgan fingerprint density at radius 2 is 2.03 bits per heavy atom. The Morgan fingerprint density at radius 3 is 2.81 bits per heavy atom. The Bertz CT molecular complexity index is 1260. The zero-order valence-corrected chi connectivity index (χ0v) is 18.7. The lowest BCUT2D eigenvalue weighted by Crippen LogP contribution is -2.33. The number of carbonyl (C=O) groups is 1. The van der Waals surface area contributed by atoms with Gasteiger partial charge in [0.15, 0.2) is 9.92 Å². The maximum Gasteiger partial charge on any atom is 0.354 e. The Hall–Kier alpha value is -2.53. The second kappa shape index (κ2) is 7.24. The zero-order chi connectivity index (χ0) is 22.8. The zero-order valence-electron chi connectivity index (χ0n) is 17.9. The van der Waals surface area contributed by atoms with Crippen LogP contribution in [-0.4, -0.2) is 32.8 Å². The molecule has 0 bridgehead atoms. The summed E-state index contributed by atoms with van der Waals surface area (Å²) in [5.41, 5.74) is 2.17. The number of nitrogens with zero attached hydrogens (tertiary/aromatic N) is 3. The third-order valence-electron chi connectivity index (χ3n) is 6.27. The molecule has 0 fully saturated rings. The van der Waals surface area contributed by atoms with E-state index in [1.54, 1.807) is 4.68 Å². The van der Waals surface area contributed by atoms with Crippen LogP contribution in [0.4, 0.5) is 19.3 Å². The first-order valence-corrected chi connectivity index (χ1v) is 12.2. The van der Waals surface area contributed by atoms with Crippen LogP contribution in [0.2, 0.25) is 0 Å². The number of hydrogen-bond acceptors (Lipinski definition) is 4. The topological polar surface area (TPSA) is 112 Å². The monoisotopic (exact) mass is 465 g/mol. The van der Waals surface area contributed by atoms with Crippen LogP contribution in [0.1, 0.15) is 42.5 Å². The molecule has 1 aromatic heterocycles. The molecule has 0 radical (unpaired) electrons. The van der Waals surface area contributed by atoms with Crippen LogP contribution in [0.3, 0.4) is 0 Å². The van der Waals surface area contributed by atoms with E-state index in [9.17, 15) is 17.8 Å². The molecule has 1 aromatic carbocycles. The highest BCUT2D eigenvalue weighted by molar-refractivity contribution is 7.91. The highest BCUT2D eigenvalue weighted by atomic mass is 32.2. The van der Waals surface area contributed by atoms with Crippen molar-refractivity contribution in [2.75, 3.05) is 11.9 Å². The van der Waals surface area contributed by atoms with E-state index in [0.29, 0.717) is 53.9 Å². The summed E-state index contributed by atoms with van der Waals surface area (Å²) >= 11 is 0. The molecule has 1 aliphatic heterocycles. The number of alkyl halides is 1. The lowest BCUT2D eigenvalue weighted by atomic mass is 9.94. The maximum absolute atomic E-state index is 14.8. The largest absolute Gasteiger partial charge is 0.476 e. The van der Waals surface area contributed by atoms with Gasteiger partial charge in [-0.2, -0.15) is 5.10 Å². The smallest absolute Gasteiger partial charge is 0.354 e. The molecule has 2 atom stereocenters. The number of urea groups is 1. The van der Waals surface area contributed by atoms with E-state index in [1.165, 1.54) is 6.20 Å². The van der Waals surface area contributed by atoms with Gasteiger partial charge in [0.2, 0.25) is 5.88 Å². The summed E-state index contributed by atoms with van der Waals surface area (Å²) < 4.78 is 53.1. The Kier molecular flexibility index (Phi) is 4.82. The van der Waals surface area contributed by atoms with Gasteiger partial charge < -0.3 is 10.1 Å². The number of ether oxygens (including phenoxy) is 1. The fraction of sp³-hybridized carbons (Fsp3) is 0.524. The van der Waals surface area contributed by atoms with Gasteiger partial charge in [0, 0.05) is 23.9 Å². The van der Waals surface area contributed by atoms with Crippen LogP contribution in [-0.2, 0) is 42.1 Å². The van der Waals surface area contributed by atoms with Gasteiger partial charge in [-0.3, -0.25) is 0 Å². The van der Waals surface area contributed by atoms with Crippen LogP contribution >= 0.6 is 0 Å². The predicted molar refractivity (Wildman–Crippen MR) is 114 cm³/mol. The minimum Gasteiger partial charge on any atom is -0.476 e. The van der Waals surface area contributed by atoms with E-state index in [2.05, 4.69) is 14.8 Å². The molecule has 11 heteroatoms. The molecule has 2 aliphatic carbocycles. The molecular weight excluding hydrogens is 440 g/mol. The molecule has 2 heterocycles. The number of hydrogen-bond donors (Lipinski definition) is 2. The van der Waals surface area contributed by atoms with Crippen molar-refractivity contribution in [3.63, 3.8) is 0 Å². The summed E-state index contributed by atoms with van der Waals surface area (Å²) in [6.45, 7) is 4.95. The summed E-state index contributed by atoms with van der Waals surface area (Å²) in [4.78, 5) is 12.8. The summed E-state index contributed by atoms with van der Waals surface area (Å²) in [5, 5.41) is 12.8. The van der Waals surface area contributed by atoms with Crippen molar-refractivity contribution < 1.29 is 22.5 Å². The Morgan fingerprint density at radius 1 is 1.31 bits per heavy atom. The molecule has 0 saturated carbocycles. The Labute approximate surface area is 184 Å². The summed E-state index contributed by atoms with van der Waals surface area (Å²) in [6.07, 6.45) is 1.97. The third kappa shape index (κ3) is 3.47. The van der Waals surface area contributed by atoms with Crippen molar-refractivity contribution in [2.24, 2.45) is 14.9 Å². The normalized spacial score (nSPS) is 22.3. The van der Waals surface area contributed by atoms with Crippen LogP contribution < -0.4 is 15.2 Å². The second-order valence-corrected chi connectivity index (χ2v) is 11.2. The minimum atomic E-state index is -3.66. The third-order valence-corrected chi connectivity index (χ3v) is 7.62. The van der Waals surface area contributed by atoms with E-state index in [4.69, 9.17) is 9.88 Å². The van der Waals surface area contributed by atoms with Crippen molar-refractivity contribution in [3.8, 4) is 5.88 Å². The highest BCUT2D eigenvalue weighted by Gasteiger charge is 2.35. The van der Waals surface area contributed by atoms with Crippen molar-refractivity contribution >= 4 is 21.6 Å². The van der Waals surface area contributed by atoms with Crippen molar-refractivity contribution in [1.82, 2.24) is 9.78 Å². The lowest BCUT2D eigenvalue weighted by Gasteiger charge is -2.30. The SMILES string of the molecule is CC1(C)COc2c([S@@](N)(=O)=NC(=O)Nc3c4c(c(F)c5c3C[C@H](F)C5)CCC4)cnn2C1. The molecule has 5 rings (SSSR count). The van der Waals surface area contributed by atoms with E-state index >= 15 is 0 Å². The van der Waals surface area contributed by atoms with Gasteiger partial charge in [-0.15, -0.1) is 4.36 Å². The van der Waals surface area contributed by atoms with Crippen LogP contribution in [0.15, 0.2) is 15.5 Å². The van der Waals surface area contributed by atoms with Gasteiger partial charge in [0.25, 0.3) is 0 Å². The number of benzene rings is 1. The molecule has 0 unspecified atom stereocenters. The number of anilines is 1. The number of carbonyl (C=O) groups excluding carboxylic acids is 1. The fourth-order valence-corrected chi connectivity index (χ4v) is 5.85. The Balaban J connectivity index is 1.49. The number of nitrogens with two attached hydrogens (primary N) is 1. The second-order valence-electron chi connectivity index (χ2n) is 9.48. The minimum absolute atomic E-state index is 0.0156. The van der Waals surface area contributed by atoms with Crippen LogP contribution in [0, 0.1) is 11.2 Å². The van der Waals surface area contributed by atoms with Gasteiger partial charge >= 0.3 is 6.03 Å². The molecule has 0 saturated heterocycles. The number of rotatable bonds is 2. The summed E-state index contributed by atoms with van der Waals surface area (Å²) in [5.74, 6) is -0.131. The van der Waals surface area contributed by atoms with Crippen molar-refractivity contribution in [1.29, 1.82) is 0 Å². The molecule has 172 valence electrons. The number of halogens is 2. The summed E-state index contributed by atoms with van der Waals surface area (Å²) in [6, 6.07) is -0.932. The van der Waals surface area contributed by atoms with Crippen LogP contribution in [0.25, 0.3) is 0 Å². The fourth-order valence-electron chi connectivity index (χ4n) is 4.85. The van der Waals surface area contributed by atoms with E-state index in [0.717, 1.165) is 6.42 Å². The van der Waals surface area contributed by atoms with Gasteiger partial charge in [-0.1, -0.05) is 13.8 Å². The quantitative estimate of drug-likeness (QED) is 0.709. The molecule has 0 spiro atoms. The van der Waals surface area contributed by atoms with E-state index < -0.39 is 22.1 Å². The molecule has 8 nitrogen and oxygen atoms in total. The standard InChI is InChI=1S/C21H25F2N5O3S/c1-21(2)9-28-19(31-10-21)16(8-25-28)32(24,30)27-20(29)26-18-13-5-3-4-12(13)17(23)14-6-11(22)7-15(14)18/h8,11H,3-7,9-10H2,1-2H3,(H3,24,26,27,29,30)/t11-,32+/m1/s1. The van der Waals surface area contributed by atoms with Gasteiger partial charge in [-0.25, -0.2) is 27.6 Å². The average molecular weight is 466 g/mol. The molecule has 2 aromatic rings. The maximum atomic E-state index is 14.8. The predicted octanol–water partition coefficient (Wildman–Crippen LogP) is 3.30. The lowest BCUT2D eigenvalue weighted by molar-refractivity contribution is 0.0972. The summed E-state index contributed by atoms with van der Waals surface area (Å²) in [7, 11) is -3.66. The number of fused-ring (bicyclic) bond motifs is 3. The van der Waals surface area contributed by atoms with E-state index in [1.807, 2.05) is 13.8 Å². The average Bonchev–Trinajstić information content (AvgIpc) is 3.41. The first-order valence-electron chi connectivity index (χ1n) is 10.6. The van der Waals surface area contributed by atoms with Gasteiger partial charge in [-0.05, 0) is 41.5 Å². The van der Waals surface area contributed by atoms with Gasteiger partial charge in [0.1, 0.15) is 16.9 Å². The molecule has 2 amide bonds. The highest BCUT2D eigenvalue weighted by Crippen LogP contribution is 2.42. The van der Waals surface area contributed by atoms with E-state index in [-0.39, 0.29) is 34.8 Å². The van der Waals surface area contributed by atoms with Crippen molar-refractivity contribution in [2.45, 2.75) is 63.6 Å². The molecule has 3 aliphatic rings. The first-order chi connectivity index (χ1) is 15.1. The molecule has 32 heavy (non-hydrogen) atoms. The van der Waals surface area contributed by atoms with Crippen LogP contribution in [0.5, 0.6) is 5.88 Å². The molecule has 3 N–H and O–H groups in total. The number of aromatic nitrogens is 2. The van der Waals surface area contributed by atoms with Crippen molar-refractivity contribution in [3.05, 3.63) is 34.3 Å². The number of nitrogens with one attached hydrogen (secondary N) is 1. The molecular formula is C21H25F2N5O3S. The first kappa shape index (κ1) is 21.3. The number of amides is 2. The van der Waals surface area contributed by atoms with Gasteiger partial charge in [0.05, 0.1) is 19.3 Å².